The number of hydrogen-bond acceptors (Lipinski definition) is 5. The van der Waals surface area contributed by atoms with E-state index in [2.05, 4.69) is 20.5 Å². The van der Waals surface area contributed by atoms with Gasteiger partial charge in [0.1, 0.15) is 11.6 Å². The Morgan fingerprint density at radius 2 is 1.96 bits per heavy atom. The molecule has 146 valence electrons. The second-order valence-corrected chi connectivity index (χ2v) is 7.38. The average Bonchev–Trinajstić information content (AvgIpc) is 3.08. The molecule has 0 saturated carbocycles. The highest BCUT2D eigenvalue weighted by Gasteiger charge is 2.21. The van der Waals surface area contributed by atoms with E-state index in [-0.39, 0.29) is 5.69 Å². The Hall–Kier alpha value is -2.81. The van der Waals surface area contributed by atoms with Crippen LogP contribution in [-0.4, -0.2) is 30.9 Å². The molecule has 0 unspecified atom stereocenters. The lowest BCUT2D eigenvalue weighted by atomic mass is 10.2. The molecule has 0 saturated heterocycles. The number of rotatable bonds is 7. The lowest BCUT2D eigenvalue weighted by Gasteiger charge is -2.13. The molecule has 1 atom stereocenters. The fraction of sp³-hybridized carbons (Fsp3) is 0.263. The van der Waals surface area contributed by atoms with E-state index < -0.39 is 22.8 Å². The SMILES string of the molecule is CCCn1c(S[C@@H](C)C(=O)Nc2cc(F)ccc2F)nnc1-c1ccncc1. The summed E-state index contributed by atoms with van der Waals surface area (Å²) in [5, 5.41) is 10.9. The van der Waals surface area contributed by atoms with Gasteiger partial charge >= 0.3 is 0 Å². The maximum atomic E-state index is 13.8. The minimum absolute atomic E-state index is 0.190. The second-order valence-electron chi connectivity index (χ2n) is 6.07. The summed E-state index contributed by atoms with van der Waals surface area (Å²) in [6, 6.07) is 6.60. The normalized spacial score (nSPS) is 12.0. The molecule has 1 amide bonds. The van der Waals surface area contributed by atoms with Crippen LogP contribution in [0.5, 0.6) is 0 Å². The summed E-state index contributed by atoms with van der Waals surface area (Å²) in [7, 11) is 0. The standard InChI is InChI=1S/C19H19F2N5OS/c1-3-10-26-17(13-6-8-22-9-7-13)24-25-19(26)28-12(2)18(27)23-16-11-14(20)4-5-15(16)21/h4-9,11-12H,3,10H2,1-2H3,(H,23,27)/t12-/m0/s1. The number of carbonyl (C=O) groups excluding carboxylic acids is 1. The van der Waals surface area contributed by atoms with Gasteiger partial charge in [0.05, 0.1) is 10.9 Å². The number of nitrogens with one attached hydrogen (secondary N) is 1. The zero-order valence-corrected chi connectivity index (χ0v) is 16.2. The summed E-state index contributed by atoms with van der Waals surface area (Å²) in [6.07, 6.45) is 4.21. The molecule has 0 spiro atoms. The Morgan fingerprint density at radius 1 is 1.21 bits per heavy atom. The van der Waals surface area contributed by atoms with Crippen molar-refractivity contribution in [3.8, 4) is 11.4 Å². The minimum atomic E-state index is -0.693. The van der Waals surface area contributed by atoms with E-state index in [9.17, 15) is 13.6 Å². The molecule has 0 aliphatic rings. The van der Waals surface area contributed by atoms with E-state index in [1.54, 1.807) is 19.3 Å². The molecule has 9 heteroatoms. The van der Waals surface area contributed by atoms with Crippen LogP contribution in [0.4, 0.5) is 14.5 Å². The molecular weight excluding hydrogens is 384 g/mol. The fourth-order valence-corrected chi connectivity index (χ4v) is 3.43. The molecule has 1 aromatic carbocycles. The Labute approximate surface area is 165 Å². The predicted molar refractivity (Wildman–Crippen MR) is 104 cm³/mol. The third kappa shape index (κ3) is 4.53. The number of carbonyl (C=O) groups is 1. The molecule has 0 aliphatic heterocycles. The van der Waals surface area contributed by atoms with Crippen molar-refractivity contribution in [1.82, 2.24) is 19.7 Å². The van der Waals surface area contributed by atoms with Crippen LogP contribution in [0.15, 0.2) is 47.9 Å². The summed E-state index contributed by atoms with van der Waals surface area (Å²) >= 11 is 1.21. The molecule has 3 aromatic rings. The molecule has 2 aromatic heterocycles. The monoisotopic (exact) mass is 403 g/mol. The van der Waals surface area contributed by atoms with Crippen molar-refractivity contribution in [2.45, 2.75) is 37.2 Å². The molecule has 0 aliphatic carbocycles. The van der Waals surface area contributed by atoms with Crippen LogP contribution < -0.4 is 5.32 Å². The number of benzene rings is 1. The Morgan fingerprint density at radius 3 is 2.68 bits per heavy atom. The van der Waals surface area contributed by atoms with E-state index in [0.29, 0.717) is 17.5 Å². The highest BCUT2D eigenvalue weighted by atomic mass is 32.2. The topological polar surface area (TPSA) is 72.7 Å². The first-order valence-corrected chi connectivity index (χ1v) is 9.63. The fourth-order valence-electron chi connectivity index (χ4n) is 2.55. The quantitative estimate of drug-likeness (QED) is 0.600. The van der Waals surface area contributed by atoms with Crippen LogP contribution in [0.2, 0.25) is 0 Å². The summed E-state index contributed by atoms with van der Waals surface area (Å²) in [5.41, 5.74) is 0.687. The Kier molecular flexibility index (Phi) is 6.35. The van der Waals surface area contributed by atoms with Gasteiger partial charge in [-0.2, -0.15) is 0 Å². The van der Waals surface area contributed by atoms with Gasteiger partial charge in [-0.1, -0.05) is 18.7 Å². The number of amides is 1. The Bertz CT molecular complexity index is 964. The van der Waals surface area contributed by atoms with Crippen LogP contribution in [0.1, 0.15) is 20.3 Å². The summed E-state index contributed by atoms with van der Waals surface area (Å²) < 4.78 is 29.0. The van der Waals surface area contributed by atoms with Crippen LogP contribution in [0.25, 0.3) is 11.4 Å². The number of halogens is 2. The first kappa shape index (κ1) is 19.9. The van der Waals surface area contributed by atoms with Crippen molar-refractivity contribution < 1.29 is 13.6 Å². The maximum absolute atomic E-state index is 13.8. The van der Waals surface area contributed by atoms with Gasteiger partial charge in [-0.15, -0.1) is 10.2 Å². The number of anilines is 1. The second kappa shape index (κ2) is 8.92. The molecule has 28 heavy (non-hydrogen) atoms. The minimum Gasteiger partial charge on any atom is -0.323 e. The Balaban J connectivity index is 1.78. The third-order valence-corrected chi connectivity index (χ3v) is 5.02. The van der Waals surface area contributed by atoms with Gasteiger partial charge in [0.15, 0.2) is 11.0 Å². The largest absolute Gasteiger partial charge is 0.323 e. The van der Waals surface area contributed by atoms with E-state index in [1.165, 1.54) is 11.8 Å². The van der Waals surface area contributed by atoms with Crippen molar-refractivity contribution in [2.24, 2.45) is 0 Å². The highest BCUT2D eigenvalue weighted by molar-refractivity contribution is 8.00. The number of hydrogen-bond donors (Lipinski definition) is 1. The predicted octanol–water partition coefficient (Wildman–Crippen LogP) is 4.15. The van der Waals surface area contributed by atoms with Gasteiger partial charge in [0.2, 0.25) is 5.91 Å². The van der Waals surface area contributed by atoms with Crippen molar-refractivity contribution >= 4 is 23.4 Å². The van der Waals surface area contributed by atoms with Crippen molar-refractivity contribution in [2.75, 3.05) is 5.32 Å². The molecule has 0 bridgehead atoms. The van der Waals surface area contributed by atoms with Gasteiger partial charge in [0, 0.05) is 30.6 Å². The van der Waals surface area contributed by atoms with Crippen molar-refractivity contribution in [1.29, 1.82) is 0 Å². The van der Waals surface area contributed by atoms with Gasteiger partial charge < -0.3 is 9.88 Å². The number of thioether (sulfide) groups is 1. The smallest absolute Gasteiger partial charge is 0.237 e. The van der Waals surface area contributed by atoms with Crippen LogP contribution >= 0.6 is 11.8 Å². The van der Waals surface area contributed by atoms with E-state index in [0.717, 1.165) is 30.2 Å². The van der Waals surface area contributed by atoms with Crippen LogP contribution in [-0.2, 0) is 11.3 Å². The maximum Gasteiger partial charge on any atom is 0.237 e. The van der Waals surface area contributed by atoms with E-state index >= 15 is 0 Å². The lowest BCUT2D eigenvalue weighted by molar-refractivity contribution is -0.115. The summed E-state index contributed by atoms with van der Waals surface area (Å²) in [6.45, 7) is 4.39. The molecule has 6 nitrogen and oxygen atoms in total. The van der Waals surface area contributed by atoms with Crippen molar-refractivity contribution in [3.05, 3.63) is 54.4 Å². The first-order chi connectivity index (χ1) is 13.5. The third-order valence-electron chi connectivity index (χ3n) is 3.94. The lowest BCUT2D eigenvalue weighted by Crippen LogP contribution is -2.23. The molecule has 0 fully saturated rings. The van der Waals surface area contributed by atoms with Gasteiger partial charge in [-0.05, 0) is 37.6 Å². The zero-order chi connectivity index (χ0) is 20.1. The molecule has 1 N–H and O–H groups in total. The highest BCUT2D eigenvalue weighted by Crippen LogP contribution is 2.28. The summed E-state index contributed by atoms with van der Waals surface area (Å²) in [4.78, 5) is 16.4. The molecule has 0 radical (unpaired) electrons. The van der Waals surface area contributed by atoms with E-state index in [4.69, 9.17) is 0 Å². The van der Waals surface area contributed by atoms with Gasteiger partial charge in [-0.3, -0.25) is 9.78 Å². The molecule has 2 heterocycles. The average molecular weight is 403 g/mol. The van der Waals surface area contributed by atoms with Gasteiger partial charge in [0.25, 0.3) is 0 Å². The summed E-state index contributed by atoms with van der Waals surface area (Å²) in [5.74, 6) is -1.08. The molecule has 3 rings (SSSR count). The number of pyridine rings is 1. The number of aromatic nitrogens is 4. The first-order valence-electron chi connectivity index (χ1n) is 8.75. The van der Waals surface area contributed by atoms with Crippen molar-refractivity contribution in [3.63, 3.8) is 0 Å². The van der Waals surface area contributed by atoms with Gasteiger partial charge in [-0.25, -0.2) is 8.78 Å². The number of nitrogens with zero attached hydrogens (tertiary/aromatic N) is 4. The zero-order valence-electron chi connectivity index (χ0n) is 15.4. The van der Waals surface area contributed by atoms with E-state index in [1.807, 2.05) is 23.6 Å². The van der Waals surface area contributed by atoms with Crippen LogP contribution in [0, 0.1) is 11.6 Å². The molecular formula is C19H19F2N5OS. The van der Waals surface area contributed by atoms with Crippen LogP contribution in [0.3, 0.4) is 0 Å².